The van der Waals surface area contributed by atoms with E-state index in [1.54, 1.807) is 65.3 Å². The number of amides is 3. The Morgan fingerprint density at radius 1 is 0.644 bits per heavy atom. The topological polar surface area (TPSA) is 151 Å². The maximum Gasteiger partial charge on any atom is 0.513 e. The van der Waals surface area contributed by atoms with E-state index in [1.165, 1.54) is 0 Å². The summed E-state index contributed by atoms with van der Waals surface area (Å²) in [5, 5.41) is 8.39. The molecular formula is C47H49N3O9. The highest BCUT2D eigenvalue weighted by molar-refractivity contribution is 5.91. The van der Waals surface area contributed by atoms with E-state index in [1.807, 2.05) is 115 Å². The average Bonchev–Trinajstić information content (AvgIpc) is 3.24. The SMILES string of the molecule is COc1cc(C=Cc2ccc(OC(=O)OCCNC(=O)C(CC(=O)NC(c3ccccc3)(c3ccccc3)c3ccccc3)NC(=O)OC(C)(C)C)cc2)cc(OC)c1. The van der Waals surface area contributed by atoms with E-state index in [4.69, 9.17) is 23.7 Å². The monoisotopic (exact) mass is 799 g/mol. The number of hydrogen-bond donors (Lipinski definition) is 3. The van der Waals surface area contributed by atoms with Crippen molar-refractivity contribution in [2.45, 2.75) is 44.4 Å². The highest BCUT2D eigenvalue weighted by Crippen LogP contribution is 2.37. The lowest BCUT2D eigenvalue weighted by molar-refractivity contribution is -0.129. The second-order valence-electron chi connectivity index (χ2n) is 14.3. The van der Waals surface area contributed by atoms with E-state index in [2.05, 4.69) is 16.0 Å². The molecule has 0 aliphatic carbocycles. The van der Waals surface area contributed by atoms with E-state index < -0.39 is 47.7 Å². The summed E-state index contributed by atoms with van der Waals surface area (Å²) in [4.78, 5) is 53.1. The molecule has 1 unspecified atom stereocenters. The standard InChI is InChI=1S/C47H49N3O9/c1-46(2,3)59-44(53)49-41(32-42(51)50-47(35-15-9-6-10-16-35,36-17-11-7-12-18-36)37-19-13-8-14-20-37)43(52)48-27-28-57-45(54)58-38-25-23-33(24-26-38)21-22-34-29-39(55-4)31-40(30-34)56-5/h6-26,29-31,41H,27-28,32H2,1-5H3,(H,48,52)(H,49,53)(H,50,51). The largest absolute Gasteiger partial charge is 0.513 e. The highest BCUT2D eigenvalue weighted by atomic mass is 16.7. The summed E-state index contributed by atoms with van der Waals surface area (Å²) in [6, 6.07) is 39.5. The molecule has 12 nitrogen and oxygen atoms in total. The van der Waals surface area contributed by atoms with Crippen LogP contribution in [0.25, 0.3) is 12.2 Å². The number of hydrogen-bond acceptors (Lipinski definition) is 9. The first-order valence-electron chi connectivity index (χ1n) is 19.0. The molecule has 0 aromatic heterocycles. The van der Waals surface area contributed by atoms with Crippen LogP contribution in [0.2, 0.25) is 0 Å². The third kappa shape index (κ3) is 12.5. The van der Waals surface area contributed by atoms with Crippen LogP contribution in [-0.2, 0) is 24.6 Å². The van der Waals surface area contributed by atoms with Crippen LogP contribution in [0.5, 0.6) is 17.2 Å². The number of rotatable bonds is 16. The summed E-state index contributed by atoms with van der Waals surface area (Å²) in [6.07, 6.45) is 1.48. The van der Waals surface area contributed by atoms with Crippen LogP contribution in [0.15, 0.2) is 133 Å². The van der Waals surface area contributed by atoms with Gasteiger partial charge in [-0.25, -0.2) is 9.59 Å². The van der Waals surface area contributed by atoms with Crippen LogP contribution in [0.3, 0.4) is 0 Å². The molecule has 1 atom stereocenters. The first-order chi connectivity index (χ1) is 28.4. The normalized spacial score (nSPS) is 11.8. The van der Waals surface area contributed by atoms with E-state index >= 15 is 0 Å². The third-order valence-corrected chi connectivity index (χ3v) is 8.89. The van der Waals surface area contributed by atoms with Crippen LogP contribution in [0.4, 0.5) is 9.59 Å². The quantitative estimate of drug-likeness (QED) is 0.0298. The minimum absolute atomic E-state index is 0.136. The Labute approximate surface area is 344 Å². The summed E-state index contributed by atoms with van der Waals surface area (Å²) in [7, 11) is 3.17. The van der Waals surface area contributed by atoms with Crippen LogP contribution in [0, 0.1) is 0 Å². The van der Waals surface area contributed by atoms with Gasteiger partial charge in [-0.1, -0.05) is 115 Å². The molecule has 306 valence electrons. The maximum absolute atomic E-state index is 14.1. The molecule has 59 heavy (non-hydrogen) atoms. The van der Waals surface area contributed by atoms with Crippen LogP contribution < -0.4 is 30.2 Å². The Bertz CT molecular complexity index is 2070. The lowest BCUT2D eigenvalue weighted by atomic mass is 9.77. The van der Waals surface area contributed by atoms with E-state index in [0.717, 1.165) is 27.8 Å². The number of carbonyl (C=O) groups is 4. The van der Waals surface area contributed by atoms with Crippen molar-refractivity contribution >= 4 is 36.2 Å². The number of carbonyl (C=O) groups excluding carboxylic acids is 4. The molecule has 0 aliphatic heterocycles. The zero-order chi connectivity index (χ0) is 42.3. The fourth-order valence-electron chi connectivity index (χ4n) is 6.21. The Balaban J connectivity index is 1.22. The van der Waals surface area contributed by atoms with Gasteiger partial charge in [0.05, 0.1) is 27.2 Å². The van der Waals surface area contributed by atoms with Gasteiger partial charge in [0.2, 0.25) is 11.8 Å². The third-order valence-electron chi connectivity index (χ3n) is 8.89. The lowest BCUT2D eigenvalue weighted by Gasteiger charge is -2.37. The molecular weight excluding hydrogens is 751 g/mol. The summed E-state index contributed by atoms with van der Waals surface area (Å²) in [6.45, 7) is 4.67. The van der Waals surface area contributed by atoms with Gasteiger partial charge in [0, 0.05) is 6.07 Å². The predicted octanol–water partition coefficient (Wildman–Crippen LogP) is 7.90. The van der Waals surface area contributed by atoms with Gasteiger partial charge in [0.1, 0.15) is 41.0 Å². The minimum Gasteiger partial charge on any atom is -0.497 e. The van der Waals surface area contributed by atoms with Crippen LogP contribution >= 0.6 is 0 Å². The van der Waals surface area contributed by atoms with Crippen molar-refractivity contribution in [3.05, 3.63) is 161 Å². The molecule has 3 amide bonds. The summed E-state index contributed by atoms with van der Waals surface area (Å²) in [5.74, 6) is 0.367. The van der Waals surface area contributed by atoms with E-state index in [-0.39, 0.29) is 18.9 Å². The Morgan fingerprint density at radius 3 is 1.64 bits per heavy atom. The molecule has 0 saturated heterocycles. The van der Waals surface area contributed by atoms with Crippen molar-refractivity contribution in [3.63, 3.8) is 0 Å². The molecule has 0 fully saturated rings. The second-order valence-corrected chi connectivity index (χ2v) is 14.3. The number of nitrogens with one attached hydrogen (secondary N) is 3. The Kier molecular flexibility index (Phi) is 14.9. The summed E-state index contributed by atoms with van der Waals surface area (Å²) >= 11 is 0. The molecule has 5 rings (SSSR count). The molecule has 0 spiro atoms. The van der Waals surface area contributed by atoms with E-state index in [9.17, 15) is 19.2 Å². The number of alkyl carbamates (subject to hydrolysis) is 1. The van der Waals surface area contributed by atoms with Gasteiger partial charge in [-0.05, 0) is 72.9 Å². The maximum atomic E-state index is 14.1. The van der Waals surface area contributed by atoms with Crippen molar-refractivity contribution in [3.8, 4) is 17.2 Å². The molecule has 0 heterocycles. The molecule has 0 radical (unpaired) electrons. The zero-order valence-corrected chi connectivity index (χ0v) is 33.7. The molecule has 0 saturated carbocycles. The predicted molar refractivity (Wildman–Crippen MR) is 225 cm³/mol. The van der Waals surface area contributed by atoms with Gasteiger partial charge >= 0.3 is 12.2 Å². The van der Waals surface area contributed by atoms with Crippen molar-refractivity contribution in [2.24, 2.45) is 0 Å². The first kappa shape index (κ1) is 43.1. The summed E-state index contributed by atoms with van der Waals surface area (Å²) in [5.41, 5.74) is 2.07. The molecule has 5 aromatic carbocycles. The van der Waals surface area contributed by atoms with Gasteiger partial charge in [-0.3, -0.25) is 9.59 Å². The van der Waals surface area contributed by atoms with Gasteiger partial charge in [0.15, 0.2) is 0 Å². The van der Waals surface area contributed by atoms with Gasteiger partial charge in [0.25, 0.3) is 0 Å². The molecule has 12 heteroatoms. The molecule has 3 N–H and O–H groups in total. The summed E-state index contributed by atoms with van der Waals surface area (Å²) < 4.78 is 26.6. The zero-order valence-electron chi connectivity index (χ0n) is 33.7. The van der Waals surface area contributed by atoms with E-state index in [0.29, 0.717) is 11.5 Å². The Hall–Kier alpha value is -7.08. The van der Waals surface area contributed by atoms with Gasteiger partial charge in [-0.15, -0.1) is 0 Å². The van der Waals surface area contributed by atoms with Gasteiger partial charge < -0.3 is 39.6 Å². The highest BCUT2D eigenvalue weighted by Gasteiger charge is 2.39. The fourth-order valence-corrected chi connectivity index (χ4v) is 6.21. The smallest absolute Gasteiger partial charge is 0.497 e. The lowest BCUT2D eigenvalue weighted by Crippen LogP contribution is -2.53. The molecule has 5 aromatic rings. The minimum atomic E-state index is -1.35. The molecule has 0 bridgehead atoms. The van der Waals surface area contributed by atoms with Crippen molar-refractivity contribution in [1.29, 1.82) is 0 Å². The fraction of sp³-hybridized carbons (Fsp3) is 0.234. The van der Waals surface area contributed by atoms with Crippen LogP contribution in [-0.4, -0.2) is 63.1 Å². The molecule has 0 aliphatic rings. The number of ether oxygens (including phenoxy) is 5. The van der Waals surface area contributed by atoms with Crippen LogP contribution in [0.1, 0.15) is 55.0 Å². The number of methoxy groups -OCH3 is 2. The Morgan fingerprint density at radius 2 is 1.15 bits per heavy atom. The van der Waals surface area contributed by atoms with Crippen molar-refractivity contribution in [2.75, 3.05) is 27.4 Å². The van der Waals surface area contributed by atoms with Crippen molar-refractivity contribution in [1.82, 2.24) is 16.0 Å². The number of benzene rings is 5. The second kappa shape index (κ2) is 20.4. The van der Waals surface area contributed by atoms with Crippen molar-refractivity contribution < 1.29 is 42.9 Å². The average molecular weight is 800 g/mol. The first-order valence-corrected chi connectivity index (χ1v) is 19.0. The van der Waals surface area contributed by atoms with Gasteiger partial charge in [-0.2, -0.15) is 0 Å².